The third-order valence-electron chi connectivity index (χ3n) is 5.31. The normalized spacial score (nSPS) is 11.2. The zero-order chi connectivity index (χ0) is 20.0. The molecule has 0 fully saturated rings. The highest BCUT2D eigenvalue weighted by molar-refractivity contribution is 6.42. The first-order valence-corrected chi connectivity index (χ1v) is 10.1. The largest absolute Gasteiger partial charge is 0.507 e. The van der Waals surface area contributed by atoms with Crippen molar-refractivity contribution in [2.24, 2.45) is 0 Å². The quantitative estimate of drug-likeness (QED) is 0.307. The van der Waals surface area contributed by atoms with Gasteiger partial charge in [-0.25, -0.2) is 0 Å². The van der Waals surface area contributed by atoms with Gasteiger partial charge in [-0.15, -0.1) is 0 Å². The van der Waals surface area contributed by atoms with Crippen molar-refractivity contribution in [1.29, 1.82) is 0 Å². The molecule has 0 atom stereocenters. The summed E-state index contributed by atoms with van der Waals surface area (Å²) in [7, 11) is 0. The molecule has 0 aliphatic heterocycles. The summed E-state index contributed by atoms with van der Waals surface area (Å²) in [5, 5.41) is 16.7. The molecule has 3 heteroatoms. The lowest BCUT2D eigenvalue weighted by atomic mass is 9.89. The van der Waals surface area contributed by atoms with Crippen LogP contribution in [0.5, 0.6) is 5.75 Å². The van der Waals surface area contributed by atoms with Crippen LogP contribution in [0.1, 0.15) is 0 Å². The van der Waals surface area contributed by atoms with Gasteiger partial charge in [-0.1, -0.05) is 96.0 Å². The minimum Gasteiger partial charge on any atom is -0.507 e. The van der Waals surface area contributed by atoms with E-state index in [1.54, 1.807) is 12.1 Å². The highest BCUT2D eigenvalue weighted by Crippen LogP contribution is 2.46. The third kappa shape index (κ3) is 3.04. The molecule has 0 saturated carbocycles. The summed E-state index contributed by atoms with van der Waals surface area (Å²) >= 11 is 12.4. The number of phenols is 1. The van der Waals surface area contributed by atoms with E-state index in [1.165, 1.54) is 0 Å². The predicted octanol–water partition coefficient (Wildman–Crippen LogP) is 8.34. The molecule has 5 aromatic carbocycles. The van der Waals surface area contributed by atoms with Gasteiger partial charge in [0, 0.05) is 11.1 Å². The molecule has 0 unspecified atom stereocenters. The average Bonchev–Trinajstić information content (AvgIpc) is 2.75. The van der Waals surface area contributed by atoms with Gasteiger partial charge in [0.1, 0.15) is 5.75 Å². The fourth-order valence-corrected chi connectivity index (χ4v) is 4.23. The van der Waals surface area contributed by atoms with Crippen molar-refractivity contribution in [2.75, 3.05) is 0 Å². The fraction of sp³-hybridized carbons (Fsp3) is 0. The van der Waals surface area contributed by atoms with Gasteiger partial charge in [-0.05, 0) is 50.9 Å². The van der Waals surface area contributed by atoms with Crippen LogP contribution in [-0.4, -0.2) is 5.11 Å². The lowest BCUT2D eigenvalue weighted by Crippen LogP contribution is -1.89. The van der Waals surface area contributed by atoms with E-state index in [-0.39, 0.29) is 5.75 Å². The second kappa shape index (κ2) is 7.11. The molecule has 0 aliphatic rings. The van der Waals surface area contributed by atoms with Crippen molar-refractivity contribution >= 4 is 44.7 Å². The van der Waals surface area contributed by atoms with Crippen LogP contribution in [0.3, 0.4) is 0 Å². The Morgan fingerprint density at radius 3 is 2.03 bits per heavy atom. The standard InChI is InChI=1S/C26H16Cl2O/c27-23-13-12-18(15-24(23)28)22-14-17-7-2-4-10-20(17)25(26(22)29)21-11-5-8-16-6-1-3-9-19(16)21/h1-15,29H. The summed E-state index contributed by atoms with van der Waals surface area (Å²) in [6, 6.07) is 29.9. The summed E-state index contributed by atoms with van der Waals surface area (Å²) in [6.07, 6.45) is 0. The second-order valence-corrected chi connectivity index (χ2v) is 7.84. The zero-order valence-corrected chi connectivity index (χ0v) is 16.9. The van der Waals surface area contributed by atoms with Gasteiger partial charge in [0.2, 0.25) is 0 Å². The van der Waals surface area contributed by atoms with E-state index in [9.17, 15) is 5.11 Å². The van der Waals surface area contributed by atoms with Crippen LogP contribution in [0.4, 0.5) is 0 Å². The van der Waals surface area contributed by atoms with E-state index in [0.717, 1.165) is 43.8 Å². The molecule has 0 aromatic heterocycles. The number of phenolic OH excluding ortho intramolecular Hbond substituents is 1. The maximum atomic E-state index is 11.4. The van der Waals surface area contributed by atoms with Crippen molar-refractivity contribution in [3.8, 4) is 28.0 Å². The predicted molar refractivity (Wildman–Crippen MR) is 124 cm³/mol. The highest BCUT2D eigenvalue weighted by atomic mass is 35.5. The molecule has 29 heavy (non-hydrogen) atoms. The number of halogens is 2. The molecule has 0 spiro atoms. The molecule has 0 radical (unpaired) electrons. The Balaban J connectivity index is 1.90. The molecule has 1 nitrogen and oxygen atoms in total. The fourth-order valence-electron chi connectivity index (χ4n) is 3.94. The van der Waals surface area contributed by atoms with Crippen LogP contribution in [0.25, 0.3) is 43.8 Å². The summed E-state index contributed by atoms with van der Waals surface area (Å²) < 4.78 is 0. The Kier molecular flexibility index (Phi) is 4.43. The van der Waals surface area contributed by atoms with Crippen LogP contribution in [-0.2, 0) is 0 Å². The van der Waals surface area contributed by atoms with E-state index in [0.29, 0.717) is 10.0 Å². The van der Waals surface area contributed by atoms with Crippen LogP contribution >= 0.6 is 23.2 Å². The van der Waals surface area contributed by atoms with Crippen molar-refractivity contribution in [3.63, 3.8) is 0 Å². The SMILES string of the molecule is Oc1c(-c2ccc(Cl)c(Cl)c2)cc2ccccc2c1-c1cccc2ccccc12. The van der Waals surface area contributed by atoms with Crippen LogP contribution < -0.4 is 0 Å². The lowest BCUT2D eigenvalue weighted by molar-refractivity contribution is 0.480. The Morgan fingerprint density at radius 2 is 1.24 bits per heavy atom. The number of aromatic hydroxyl groups is 1. The molecule has 0 heterocycles. The number of fused-ring (bicyclic) bond motifs is 2. The molecule has 0 bridgehead atoms. The van der Waals surface area contributed by atoms with Gasteiger partial charge in [-0.3, -0.25) is 0 Å². The Bertz CT molecular complexity index is 1380. The summed E-state index contributed by atoms with van der Waals surface area (Å²) in [5.74, 6) is 0.235. The van der Waals surface area contributed by atoms with Crippen molar-refractivity contribution in [3.05, 3.63) is 101 Å². The summed E-state index contributed by atoms with van der Waals surface area (Å²) in [5.41, 5.74) is 3.37. The van der Waals surface area contributed by atoms with Gasteiger partial charge in [0.05, 0.1) is 10.0 Å². The van der Waals surface area contributed by atoms with Crippen molar-refractivity contribution < 1.29 is 5.11 Å². The Morgan fingerprint density at radius 1 is 0.552 bits per heavy atom. The molecule has 0 saturated heterocycles. The number of benzene rings is 5. The monoisotopic (exact) mass is 414 g/mol. The number of rotatable bonds is 2. The molecule has 0 amide bonds. The van der Waals surface area contributed by atoms with Gasteiger partial charge in [-0.2, -0.15) is 0 Å². The maximum Gasteiger partial charge on any atom is 0.131 e. The second-order valence-electron chi connectivity index (χ2n) is 7.02. The highest BCUT2D eigenvalue weighted by Gasteiger charge is 2.18. The molecular weight excluding hydrogens is 399 g/mol. The first-order valence-electron chi connectivity index (χ1n) is 9.32. The lowest BCUT2D eigenvalue weighted by Gasteiger charge is -2.16. The van der Waals surface area contributed by atoms with Crippen LogP contribution in [0.15, 0.2) is 91.0 Å². The van der Waals surface area contributed by atoms with Gasteiger partial charge >= 0.3 is 0 Å². The van der Waals surface area contributed by atoms with E-state index >= 15 is 0 Å². The minimum absolute atomic E-state index is 0.235. The topological polar surface area (TPSA) is 20.2 Å². The molecule has 1 N–H and O–H groups in total. The first kappa shape index (κ1) is 18.1. The minimum atomic E-state index is 0.235. The van der Waals surface area contributed by atoms with E-state index < -0.39 is 0 Å². The average molecular weight is 415 g/mol. The van der Waals surface area contributed by atoms with Gasteiger partial charge < -0.3 is 5.11 Å². The van der Waals surface area contributed by atoms with Gasteiger partial charge in [0.15, 0.2) is 0 Å². The van der Waals surface area contributed by atoms with E-state index in [4.69, 9.17) is 23.2 Å². The molecule has 0 aliphatic carbocycles. The first-order chi connectivity index (χ1) is 14.1. The smallest absolute Gasteiger partial charge is 0.131 e. The summed E-state index contributed by atoms with van der Waals surface area (Å²) in [4.78, 5) is 0. The summed E-state index contributed by atoms with van der Waals surface area (Å²) in [6.45, 7) is 0. The molecule has 5 rings (SSSR count). The third-order valence-corrected chi connectivity index (χ3v) is 6.05. The molecular formula is C26H16Cl2O. The van der Waals surface area contributed by atoms with E-state index in [2.05, 4.69) is 30.3 Å². The Labute approximate surface area is 178 Å². The Hall–Kier alpha value is -3.00. The van der Waals surface area contributed by atoms with Crippen LogP contribution in [0.2, 0.25) is 10.0 Å². The number of hydrogen-bond acceptors (Lipinski definition) is 1. The zero-order valence-electron chi connectivity index (χ0n) is 15.4. The van der Waals surface area contributed by atoms with Gasteiger partial charge in [0.25, 0.3) is 0 Å². The van der Waals surface area contributed by atoms with Crippen LogP contribution in [0, 0.1) is 0 Å². The maximum absolute atomic E-state index is 11.4. The van der Waals surface area contributed by atoms with E-state index in [1.807, 2.05) is 48.5 Å². The number of hydrogen-bond donors (Lipinski definition) is 1. The molecule has 140 valence electrons. The van der Waals surface area contributed by atoms with Crippen molar-refractivity contribution in [1.82, 2.24) is 0 Å². The molecule has 5 aromatic rings. The van der Waals surface area contributed by atoms with Crippen molar-refractivity contribution in [2.45, 2.75) is 0 Å².